The Morgan fingerprint density at radius 2 is 2.00 bits per heavy atom. The number of hydrogen-bond acceptors (Lipinski definition) is 4. The van der Waals surface area contributed by atoms with Gasteiger partial charge in [0, 0.05) is 4.90 Å². The van der Waals surface area contributed by atoms with Crippen molar-refractivity contribution < 1.29 is 8.78 Å². The molecule has 1 aromatic carbocycles. The largest absolute Gasteiger partial charge is 0.395 e. The van der Waals surface area contributed by atoms with E-state index in [2.05, 4.69) is 9.97 Å². The number of nitrogens with two attached hydrogens (primary N) is 1. The van der Waals surface area contributed by atoms with Crippen molar-refractivity contribution in [1.29, 1.82) is 0 Å². The van der Waals surface area contributed by atoms with Gasteiger partial charge in [-0.2, -0.15) is 0 Å². The minimum absolute atomic E-state index is 0.0456. The molecule has 0 unspecified atom stereocenters. The van der Waals surface area contributed by atoms with Gasteiger partial charge >= 0.3 is 0 Å². The zero-order chi connectivity index (χ0) is 12.4. The molecule has 17 heavy (non-hydrogen) atoms. The van der Waals surface area contributed by atoms with Crippen molar-refractivity contribution in [1.82, 2.24) is 9.97 Å². The van der Waals surface area contributed by atoms with Gasteiger partial charge in [-0.25, -0.2) is 18.7 Å². The fourth-order valence-electron chi connectivity index (χ4n) is 1.09. The Labute approximate surface area is 105 Å². The first-order valence-electron chi connectivity index (χ1n) is 4.47. The number of hydrogen-bond donors (Lipinski definition) is 1. The third-order valence-corrected chi connectivity index (χ3v) is 3.05. The van der Waals surface area contributed by atoms with Gasteiger partial charge in [0.25, 0.3) is 0 Å². The number of rotatable bonds is 2. The first kappa shape index (κ1) is 12.1. The highest BCUT2D eigenvalue weighted by atomic mass is 35.5. The molecule has 88 valence electrons. The van der Waals surface area contributed by atoms with E-state index in [9.17, 15) is 8.78 Å². The van der Waals surface area contributed by atoms with Crippen LogP contribution in [-0.4, -0.2) is 9.97 Å². The fourth-order valence-corrected chi connectivity index (χ4v) is 2.10. The molecule has 0 saturated carbocycles. The van der Waals surface area contributed by atoms with Gasteiger partial charge in [0.15, 0.2) is 11.6 Å². The molecule has 2 aromatic rings. The number of nitrogens with zero attached hydrogens (tertiary/aromatic N) is 2. The molecule has 1 heterocycles. The van der Waals surface area contributed by atoms with Crippen molar-refractivity contribution in [3.05, 3.63) is 41.3 Å². The Kier molecular flexibility index (Phi) is 3.44. The molecule has 2 N–H and O–H groups in total. The zero-order valence-electron chi connectivity index (χ0n) is 8.32. The highest BCUT2D eigenvalue weighted by Gasteiger charge is 2.08. The van der Waals surface area contributed by atoms with Crippen molar-refractivity contribution >= 4 is 29.1 Å². The maximum atomic E-state index is 13.0. The number of benzene rings is 1. The van der Waals surface area contributed by atoms with Crippen molar-refractivity contribution in [2.24, 2.45) is 0 Å². The Morgan fingerprint density at radius 1 is 1.24 bits per heavy atom. The van der Waals surface area contributed by atoms with E-state index in [1.54, 1.807) is 0 Å². The molecule has 0 atom stereocenters. The molecule has 0 aliphatic carbocycles. The molecule has 0 saturated heterocycles. The van der Waals surface area contributed by atoms with Crippen molar-refractivity contribution in [3.63, 3.8) is 0 Å². The second-order valence-corrected chi connectivity index (χ2v) is 4.48. The zero-order valence-corrected chi connectivity index (χ0v) is 9.90. The summed E-state index contributed by atoms with van der Waals surface area (Å²) in [6.07, 6.45) is 1.36. The summed E-state index contributed by atoms with van der Waals surface area (Å²) in [4.78, 5) is 8.07. The summed E-state index contributed by atoms with van der Waals surface area (Å²) in [7, 11) is 0. The topological polar surface area (TPSA) is 51.8 Å². The van der Waals surface area contributed by atoms with Crippen LogP contribution < -0.4 is 5.73 Å². The predicted molar refractivity (Wildman–Crippen MR) is 61.9 cm³/mol. The third-order valence-electron chi connectivity index (χ3n) is 1.86. The van der Waals surface area contributed by atoms with E-state index in [0.717, 1.165) is 23.9 Å². The van der Waals surface area contributed by atoms with Crippen LogP contribution in [-0.2, 0) is 0 Å². The van der Waals surface area contributed by atoms with Gasteiger partial charge in [-0.05, 0) is 29.8 Å². The standard InChI is InChI=1S/C10H6ClF2N3S/c11-10-15-4-8(14)9(16-10)17-5-1-2-6(12)7(13)3-5/h1-4H,14H2. The summed E-state index contributed by atoms with van der Waals surface area (Å²) in [5.41, 5.74) is 5.96. The van der Waals surface area contributed by atoms with Crippen LogP contribution in [0.1, 0.15) is 0 Å². The van der Waals surface area contributed by atoms with Gasteiger partial charge in [-0.3, -0.25) is 0 Å². The number of anilines is 1. The minimum atomic E-state index is -0.922. The summed E-state index contributed by atoms with van der Waals surface area (Å²) in [6, 6.07) is 3.53. The van der Waals surface area contributed by atoms with Crippen LogP contribution >= 0.6 is 23.4 Å². The molecule has 0 spiro atoms. The van der Waals surface area contributed by atoms with Gasteiger partial charge < -0.3 is 5.73 Å². The van der Waals surface area contributed by atoms with Gasteiger partial charge in [-0.1, -0.05) is 11.8 Å². The third kappa shape index (κ3) is 2.83. The van der Waals surface area contributed by atoms with Gasteiger partial charge in [-0.15, -0.1) is 0 Å². The molecule has 2 rings (SSSR count). The normalized spacial score (nSPS) is 10.5. The van der Waals surface area contributed by atoms with Crippen LogP contribution in [0.3, 0.4) is 0 Å². The molecule has 0 aliphatic rings. The van der Waals surface area contributed by atoms with Gasteiger partial charge in [0.1, 0.15) is 5.03 Å². The van der Waals surface area contributed by atoms with Crippen LogP contribution in [0.15, 0.2) is 34.3 Å². The Morgan fingerprint density at radius 3 is 2.71 bits per heavy atom. The van der Waals surface area contributed by atoms with Crippen molar-refractivity contribution in [3.8, 4) is 0 Å². The van der Waals surface area contributed by atoms with Crippen LogP contribution in [0.2, 0.25) is 5.28 Å². The van der Waals surface area contributed by atoms with E-state index < -0.39 is 11.6 Å². The summed E-state index contributed by atoms with van der Waals surface area (Å²) in [5.74, 6) is -1.82. The molecule has 0 amide bonds. The fraction of sp³-hybridized carbons (Fsp3) is 0. The average molecular weight is 274 g/mol. The van der Waals surface area contributed by atoms with Crippen molar-refractivity contribution in [2.45, 2.75) is 9.92 Å². The van der Waals surface area contributed by atoms with Crippen LogP contribution in [0, 0.1) is 11.6 Å². The Bertz CT molecular complexity index is 565. The highest BCUT2D eigenvalue weighted by Crippen LogP contribution is 2.31. The van der Waals surface area contributed by atoms with E-state index in [1.807, 2.05) is 0 Å². The monoisotopic (exact) mass is 273 g/mol. The van der Waals surface area contributed by atoms with Gasteiger partial charge in [0.2, 0.25) is 5.28 Å². The summed E-state index contributed by atoms with van der Waals surface area (Å²) < 4.78 is 25.7. The van der Waals surface area contributed by atoms with E-state index >= 15 is 0 Å². The maximum Gasteiger partial charge on any atom is 0.223 e. The van der Waals surface area contributed by atoms with Crippen molar-refractivity contribution in [2.75, 3.05) is 5.73 Å². The second-order valence-electron chi connectivity index (χ2n) is 3.08. The average Bonchev–Trinajstić information content (AvgIpc) is 2.29. The lowest BCUT2D eigenvalue weighted by Crippen LogP contribution is -1.94. The smallest absolute Gasteiger partial charge is 0.223 e. The maximum absolute atomic E-state index is 13.0. The lowest BCUT2D eigenvalue weighted by Gasteiger charge is -2.04. The minimum Gasteiger partial charge on any atom is -0.395 e. The predicted octanol–water partition coefficient (Wildman–Crippen LogP) is 3.14. The highest BCUT2D eigenvalue weighted by molar-refractivity contribution is 7.99. The lowest BCUT2D eigenvalue weighted by molar-refractivity contribution is 0.506. The molecule has 3 nitrogen and oxygen atoms in total. The quantitative estimate of drug-likeness (QED) is 0.675. The second kappa shape index (κ2) is 4.85. The molecule has 1 aromatic heterocycles. The van der Waals surface area contributed by atoms with Crippen LogP contribution in [0.4, 0.5) is 14.5 Å². The van der Waals surface area contributed by atoms with Crippen LogP contribution in [0.5, 0.6) is 0 Å². The SMILES string of the molecule is Nc1cnc(Cl)nc1Sc1ccc(F)c(F)c1. The summed E-state index contributed by atoms with van der Waals surface area (Å²) in [5, 5.41) is 0.445. The van der Waals surface area contributed by atoms with E-state index in [4.69, 9.17) is 17.3 Å². The number of aromatic nitrogens is 2. The molecular formula is C10H6ClF2N3S. The molecular weight excluding hydrogens is 268 g/mol. The summed E-state index contributed by atoms with van der Waals surface area (Å²) >= 11 is 6.70. The van der Waals surface area contributed by atoms with E-state index in [1.165, 1.54) is 12.3 Å². The van der Waals surface area contributed by atoms with E-state index in [0.29, 0.717) is 15.6 Å². The molecule has 0 fully saturated rings. The molecule has 0 bridgehead atoms. The van der Waals surface area contributed by atoms with Gasteiger partial charge in [0.05, 0.1) is 11.9 Å². The first-order valence-corrected chi connectivity index (χ1v) is 5.66. The molecule has 0 radical (unpaired) electrons. The van der Waals surface area contributed by atoms with Crippen LogP contribution in [0.25, 0.3) is 0 Å². The van der Waals surface area contributed by atoms with E-state index in [-0.39, 0.29) is 5.28 Å². The summed E-state index contributed by atoms with van der Waals surface area (Å²) in [6.45, 7) is 0. The number of nitrogen functional groups attached to an aromatic ring is 1. The first-order chi connectivity index (χ1) is 8.06. The lowest BCUT2D eigenvalue weighted by atomic mass is 10.3. The molecule has 0 aliphatic heterocycles. The number of halogens is 3. The molecule has 7 heteroatoms. The Balaban J connectivity index is 2.31. The Hall–Kier alpha value is -1.40.